The van der Waals surface area contributed by atoms with E-state index in [1.165, 1.54) is 12.1 Å². The second-order valence-corrected chi connectivity index (χ2v) is 4.13. The third kappa shape index (κ3) is 4.07. The molecule has 0 unspecified atom stereocenters. The summed E-state index contributed by atoms with van der Waals surface area (Å²) in [6, 6.07) is 4.02. The molecule has 100 valence electrons. The number of likely N-dealkylation sites (N-methyl/N-ethyl adjacent to an activating group) is 2. The normalized spacial score (nSPS) is 10.4. The van der Waals surface area contributed by atoms with Gasteiger partial charge in [0.05, 0.1) is 0 Å². The second kappa shape index (κ2) is 7.06. The topological polar surface area (TPSA) is 32.3 Å². The molecule has 0 spiro atoms. The third-order valence-corrected chi connectivity index (χ3v) is 2.76. The molecule has 0 fully saturated rings. The van der Waals surface area contributed by atoms with Gasteiger partial charge in [0.1, 0.15) is 0 Å². The fourth-order valence-corrected chi connectivity index (χ4v) is 1.58. The number of halogens is 2. The second-order valence-electron chi connectivity index (χ2n) is 4.13. The monoisotopic (exact) mass is 256 g/mol. The quantitative estimate of drug-likeness (QED) is 0.838. The number of rotatable bonds is 6. The number of aryl methyl sites for hydroxylation is 1. The van der Waals surface area contributed by atoms with Gasteiger partial charge in [-0.2, -0.15) is 0 Å². The van der Waals surface area contributed by atoms with E-state index < -0.39 is 11.6 Å². The minimum absolute atomic E-state index is 0.0751. The molecule has 0 radical (unpaired) electrons. The average molecular weight is 256 g/mol. The molecule has 1 amide bonds. The van der Waals surface area contributed by atoms with Crippen LogP contribution in [0.25, 0.3) is 0 Å². The lowest BCUT2D eigenvalue weighted by Gasteiger charge is -2.16. The standard InChI is InChI=1S/C13H18F2N2O/c1-16-8-9-17(2)12(18)7-6-10-4-3-5-11(14)13(10)15/h3-5,16H,6-9H2,1-2H3. The first-order chi connectivity index (χ1) is 8.56. The molecular formula is C13H18F2N2O. The molecule has 0 aliphatic rings. The summed E-state index contributed by atoms with van der Waals surface area (Å²) >= 11 is 0. The number of carbonyl (C=O) groups is 1. The highest BCUT2D eigenvalue weighted by atomic mass is 19.2. The largest absolute Gasteiger partial charge is 0.344 e. The molecule has 0 aromatic heterocycles. The highest BCUT2D eigenvalue weighted by molar-refractivity contribution is 5.76. The first kappa shape index (κ1) is 14.6. The lowest BCUT2D eigenvalue weighted by Crippen LogP contribution is -2.32. The van der Waals surface area contributed by atoms with Crippen molar-refractivity contribution in [2.75, 3.05) is 27.2 Å². The maximum absolute atomic E-state index is 13.3. The number of amides is 1. The number of benzene rings is 1. The summed E-state index contributed by atoms with van der Waals surface area (Å²) in [5, 5.41) is 2.94. The smallest absolute Gasteiger partial charge is 0.222 e. The van der Waals surface area contributed by atoms with Crippen molar-refractivity contribution in [1.82, 2.24) is 10.2 Å². The third-order valence-electron chi connectivity index (χ3n) is 2.76. The molecule has 0 saturated heterocycles. The van der Waals surface area contributed by atoms with Crippen molar-refractivity contribution < 1.29 is 13.6 Å². The van der Waals surface area contributed by atoms with Gasteiger partial charge >= 0.3 is 0 Å². The lowest BCUT2D eigenvalue weighted by molar-refractivity contribution is -0.129. The summed E-state index contributed by atoms with van der Waals surface area (Å²) in [5.74, 6) is -1.81. The molecular weight excluding hydrogens is 238 g/mol. The number of nitrogens with one attached hydrogen (secondary N) is 1. The van der Waals surface area contributed by atoms with Crippen LogP contribution >= 0.6 is 0 Å². The van der Waals surface area contributed by atoms with Crippen molar-refractivity contribution in [3.8, 4) is 0 Å². The summed E-state index contributed by atoms with van der Waals surface area (Å²) in [5.41, 5.74) is 0.241. The van der Waals surface area contributed by atoms with Crippen LogP contribution in [0.3, 0.4) is 0 Å². The fourth-order valence-electron chi connectivity index (χ4n) is 1.58. The van der Waals surface area contributed by atoms with Crippen molar-refractivity contribution in [2.24, 2.45) is 0 Å². The van der Waals surface area contributed by atoms with Gasteiger partial charge in [0.15, 0.2) is 11.6 Å². The van der Waals surface area contributed by atoms with Crippen LogP contribution in [0.4, 0.5) is 8.78 Å². The molecule has 0 aliphatic heterocycles. The van der Waals surface area contributed by atoms with E-state index in [0.717, 1.165) is 6.07 Å². The molecule has 1 aromatic rings. The van der Waals surface area contributed by atoms with Crippen LogP contribution in [-0.4, -0.2) is 38.0 Å². The van der Waals surface area contributed by atoms with E-state index in [1.54, 1.807) is 19.0 Å². The van der Waals surface area contributed by atoms with Crippen molar-refractivity contribution in [2.45, 2.75) is 12.8 Å². The van der Waals surface area contributed by atoms with Gasteiger partial charge in [0.25, 0.3) is 0 Å². The number of nitrogens with zero attached hydrogens (tertiary/aromatic N) is 1. The van der Waals surface area contributed by atoms with Gasteiger partial charge in [0.2, 0.25) is 5.91 Å². The molecule has 0 aliphatic carbocycles. The molecule has 3 nitrogen and oxygen atoms in total. The fraction of sp³-hybridized carbons (Fsp3) is 0.462. The van der Waals surface area contributed by atoms with Crippen LogP contribution < -0.4 is 5.32 Å². The molecule has 0 saturated carbocycles. The Hall–Kier alpha value is -1.49. The molecule has 1 aromatic carbocycles. The molecule has 0 heterocycles. The lowest BCUT2D eigenvalue weighted by atomic mass is 10.1. The summed E-state index contributed by atoms with van der Waals surface area (Å²) in [7, 11) is 3.50. The van der Waals surface area contributed by atoms with E-state index in [2.05, 4.69) is 5.32 Å². The predicted octanol–water partition coefficient (Wildman–Crippen LogP) is 1.58. The highest BCUT2D eigenvalue weighted by Gasteiger charge is 2.12. The van der Waals surface area contributed by atoms with Gasteiger partial charge in [0, 0.05) is 26.6 Å². The minimum Gasteiger partial charge on any atom is -0.344 e. The number of hydrogen-bond acceptors (Lipinski definition) is 2. The Morgan fingerprint density at radius 3 is 2.78 bits per heavy atom. The van der Waals surface area contributed by atoms with E-state index in [4.69, 9.17) is 0 Å². The maximum Gasteiger partial charge on any atom is 0.222 e. The summed E-state index contributed by atoms with van der Waals surface area (Å²) in [6.07, 6.45) is 0.396. The van der Waals surface area contributed by atoms with Gasteiger partial charge in [-0.1, -0.05) is 12.1 Å². The Morgan fingerprint density at radius 1 is 1.39 bits per heavy atom. The predicted molar refractivity (Wildman–Crippen MR) is 66.2 cm³/mol. The number of hydrogen-bond donors (Lipinski definition) is 1. The Morgan fingerprint density at radius 2 is 2.11 bits per heavy atom. The van der Waals surface area contributed by atoms with Gasteiger partial charge in [-0.25, -0.2) is 8.78 Å². The van der Waals surface area contributed by atoms with Crippen molar-refractivity contribution in [1.29, 1.82) is 0 Å². The van der Waals surface area contributed by atoms with Crippen molar-refractivity contribution >= 4 is 5.91 Å². The maximum atomic E-state index is 13.3. The Bertz CT molecular complexity index is 410. The van der Waals surface area contributed by atoms with Gasteiger partial charge in [-0.3, -0.25) is 4.79 Å². The number of carbonyl (C=O) groups excluding carboxylic acids is 1. The van der Waals surface area contributed by atoms with E-state index in [0.29, 0.717) is 13.1 Å². The highest BCUT2D eigenvalue weighted by Crippen LogP contribution is 2.13. The summed E-state index contributed by atoms with van der Waals surface area (Å²) < 4.78 is 26.3. The van der Waals surface area contributed by atoms with Crippen LogP contribution in [0.1, 0.15) is 12.0 Å². The molecule has 1 N–H and O–H groups in total. The first-order valence-corrected chi connectivity index (χ1v) is 5.87. The molecule has 0 bridgehead atoms. The Labute approximate surface area is 106 Å². The Kier molecular flexibility index (Phi) is 5.71. The van der Waals surface area contributed by atoms with E-state index in [9.17, 15) is 13.6 Å². The summed E-state index contributed by atoms with van der Waals surface area (Å²) in [4.78, 5) is 13.3. The molecule has 5 heteroatoms. The van der Waals surface area contributed by atoms with E-state index in [1.807, 2.05) is 0 Å². The minimum atomic E-state index is -0.872. The van der Waals surface area contributed by atoms with Crippen LogP contribution in [0.5, 0.6) is 0 Å². The molecule has 18 heavy (non-hydrogen) atoms. The van der Waals surface area contributed by atoms with Crippen molar-refractivity contribution in [3.63, 3.8) is 0 Å². The first-order valence-electron chi connectivity index (χ1n) is 5.87. The van der Waals surface area contributed by atoms with E-state index >= 15 is 0 Å². The van der Waals surface area contributed by atoms with E-state index in [-0.39, 0.29) is 24.3 Å². The van der Waals surface area contributed by atoms with Crippen LogP contribution in [0.15, 0.2) is 18.2 Å². The van der Waals surface area contributed by atoms with Gasteiger partial charge in [-0.05, 0) is 25.1 Å². The average Bonchev–Trinajstić information content (AvgIpc) is 2.37. The van der Waals surface area contributed by atoms with Crippen LogP contribution in [0, 0.1) is 11.6 Å². The zero-order valence-corrected chi connectivity index (χ0v) is 10.7. The van der Waals surface area contributed by atoms with Crippen LogP contribution in [-0.2, 0) is 11.2 Å². The zero-order valence-electron chi connectivity index (χ0n) is 10.7. The van der Waals surface area contributed by atoms with Crippen LogP contribution in [0.2, 0.25) is 0 Å². The zero-order chi connectivity index (χ0) is 13.5. The Balaban J connectivity index is 2.49. The van der Waals surface area contributed by atoms with Gasteiger partial charge < -0.3 is 10.2 Å². The summed E-state index contributed by atoms with van der Waals surface area (Å²) in [6.45, 7) is 1.30. The molecule has 0 atom stereocenters. The molecule has 1 rings (SSSR count). The SMILES string of the molecule is CNCCN(C)C(=O)CCc1cccc(F)c1F. The van der Waals surface area contributed by atoms with Crippen molar-refractivity contribution in [3.05, 3.63) is 35.4 Å². The van der Waals surface area contributed by atoms with Gasteiger partial charge in [-0.15, -0.1) is 0 Å².